The highest BCUT2D eigenvalue weighted by Crippen LogP contribution is 2.37. The summed E-state index contributed by atoms with van der Waals surface area (Å²) in [6, 6.07) is 0. The van der Waals surface area contributed by atoms with Gasteiger partial charge in [0, 0.05) is 6.54 Å². The Balaban J connectivity index is 2.02. The minimum Gasteiger partial charge on any atom is -0.465 e. The van der Waals surface area contributed by atoms with Gasteiger partial charge < -0.3 is 15.8 Å². The van der Waals surface area contributed by atoms with Crippen LogP contribution in [-0.4, -0.2) is 24.0 Å². The summed E-state index contributed by atoms with van der Waals surface area (Å²) in [5, 5.41) is 3.96. The molecule has 94 valence electrons. The molecule has 3 N–H and O–H groups in total. The van der Waals surface area contributed by atoms with Crippen molar-refractivity contribution in [2.24, 2.45) is 11.8 Å². The number of nitrogens with one attached hydrogen (secondary N) is 1. The van der Waals surface area contributed by atoms with Gasteiger partial charge in [-0.2, -0.15) is 4.37 Å². The molecule has 0 radical (unpaired) electrons. The van der Waals surface area contributed by atoms with E-state index >= 15 is 0 Å². The maximum Gasteiger partial charge on any atom is 0.344 e. The number of carbonyl (C=O) groups excluding carboxylic acids is 1. The predicted octanol–water partition coefficient (Wildman–Crippen LogP) is 1.97. The van der Waals surface area contributed by atoms with Crippen LogP contribution in [0.25, 0.3) is 0 Å². The van der Waals surface area contributed by atoms with Crippen LogP contribution in [0.4, 0.5) is 10.8 Å². The third-order valence-electron chi connectivity index (χ3n) is 3.12. The molecule has 1 aliphatic rings. The zero-order valence-corrected chi connectivity index (χ0v) is 10.8. The van der Waals surface area contributed by atoms with Crippen LogP contribution >= 0.6 is 11.5 Å². The molecule has 0 spiro atoms. The van der Waals surface area contributed by atoms with Crippen LogP contribution < -0.4 is 11.1 Å². The van der Waals surface area contributed by atoms with Crippen LogP contribution in [0.1, 0.15) is 30.1 Å². The number of hydrogen-bond acceptors (Lipinski definition) is 6. The highest BCUT2D eigenvalue weighted by Gasteiger charge is 2.28. The van der Waals surface area contributed by atoms with Gasteiger partial charge in [0.1, 0.15) is 10.6 Å². The smallest absolute Gasteiger partial charge is 0.344 e. The molecule has 0 aromatic carbocycles. The fourth-order valence-electron chi connectivity index (χ4n) is 1.81. The van der Waals surface area contributed by atoms with Crippen molar-refractivity contribution >= 4 is 28.3 Å². The summed E-state index contributed by atoms with van der Waals surface area (Å²) in [5.74, 6) is 1.25. The van der Waals surface area contributed by atoms with E-state index in [-0.39, 0.29) is 5.82 Å². The minimum atomic E-state index is -0.433. The number of nitrogens with zero attached hydrogens (tertiary/aromatic N) is 1. The standard InChI is InChI=1S/C11H17N3O2S/c1-6(7-3-4-7)5-13-10-8(11(15)16-2)9(12)14-17-10/h6-7,13H,3-5H2,1-2H3,(H2,12,14). The molecule has 1 fully saturated rings. The Morgan fingerprint density at radius 1 is 1.71 bits per heavy atom. The van der Waals surface area contributed by atoms with E-state index < -0.39 is 5.97 Å². The number of hydrogen-bond donors (Lipinski definition) is 2. The SMILES string of the molecule is COC(=O)c1c(N)nsc1NCC(C)C1CC1. The number of rotatable bonds is 5. The van der Waals surface area contributed by atoms with Gasteiger partial charge in [-0.05, 0) is 36.2 Å². The third-order valence-corrected chi connectivity index (χ3v) is 3.94. The van der Waals surface area contributed by atoms with Crippen LogP contribution in [0.2, 0.25) is 0 Å². The molecule has 1 saturated carbocycles. The molecular formula is C11H17N3O2S. The summed E-state index contributed by atoms with van der Waals surface area (Å²) >= 11 is 1.21. The maximum absolute atomic E-state index is 11.5. The van der Waals surface area contributed by atoms with Crippen molar-refractivity contribution in [1.82, 2.24) is 4.37 Å². The number of carbonyl (C=O) groups is 1. The predicted molar refractivity (Wildman–Crippen MR) is 68.2 cm³/mol. The maximum atomic E-state index is 11.5. The quantitative estimate of drug-likeness (QED) is 0.787. The molecule has 1 unspecified atom stereocenters. The number of anilines is 2. The molecule has 1 atom stereocenters. The first-order valence-electron chi connectivity index (χ1n) is 5.70. The van der Waals surface area contributed by atoms with Crippen molar-refractivity contribution in [2.75, 3.05) is 24.7 Å². The van der Waals surface area contributed by atoms with Gasteiger partial charge in [0.05, 0.1) is 7.11 Å². The first-order valence-corrected chi connectivity index (χ1v) is 6.48. The number of nitrogens with two attached hydrogens (primary N) is 1. The van der Waals surface area contributed by atoms with Gasteiger partial charge in [-0.15, -0.1) is 0 Å². The normalized spacial score (nSPS) is 16.6. The number of ether oxygens (including phenoxy) is 1. The van der Waals surface area contributed by atoms with E-state index in [4.69, 9.17) is 10.5 Å². The van der Waals surface area contributed by atoms with Crippen LogP contribution in [0.15, 0.2) is 0 Å². The van der Waals surface area contributed by atoms with Gasteiger partial charge >= 0.3 is 5.97 Å². The highest BCUT2D eigenvalue weighted by molar-refractivity contribution is 7.11. The van der Waals surface area contributed by atoms with E-state index in [0.717, 1.165) is 12.5 Å². The lowest BCUT2D eigenvalue weighted by Gasteiger charge is -2.11. The molecule has 2 rings (SSSR count). The van der Waals surface area contributed by atoms with E-state index in [2.05, 4.69) is 16.6 Å². The van der Waals surface area contributed by atoms with E-state index in [1.165, 1.54) is 31.5 Å². The number of methoxy groups -OCH3 is 1. The Morgan fingerprint density at radius 2 is 2.41 bits per heavy atom. The molecule has 1 aliphatic carbocycles. The average Bonchev–Trinajstić information content (AvgIpc) is 3.10. The first-order chi connectivity index (χ1) is 8.13. The second-order valence-corrected chi connectivity index (χ2v) is 5.23. The number of nitrogen functional groups attached to an aromatic ring is 1. The monoisotopic (exact) mass is 255 g/mol. The zero-order chi connectivity index (χ0) is 12.4. The lowest BCUT2D eigenvalue weighted by atomic mass is 10.1. The Hall–Kier alpha value is -1.30. The van der Waals surface area contributed by atoms with Crippen molar-refractivity contribution in [1.29, 1.82) is 0 Å². The molecule has 5 nitrogen and oxygen atoms in total. The minimum absolute atomic E-state index is 0.239. The molecular weight excluding hydrogens is 238 g/mol. The van der Waals surface area contributed by atoms with Crippen molar-refractivity contribution in [2.45, 2.75) is 19.8 Å². The summed E-state index contributed by atoms with van der Waals surface area (Å²) in [6.07, 6.45) is 2.63. The Morgan fingerprint density at radius 3 is 3.00 bits per heavy atom. The lowest BCUT2D eigenvalue weighted by molar-refractivity contribution is 0.0603. The molecule has 17 heavy (non-hydrogen) atoms. The Kier molecular flexibility index (Phi) is 3.51. The van der Waals surface area contributed by atoms with Gasteiger partial charge in [0.2, 0.25) is 0 Å². The fourth-order valence-corrected chi connectivity index (χ4v) is 2.52. The number of aromatic nitrogens is 1. The molecule has 0 amide bonds. The second kappa shape index (κ2) is 4.91. The van der Waals surface area contributed by atoms with Crippen LogP contribution in [0.5, 0.6) is 0 Å². The van der Waals surface area contributed by atoms with Gasteiger partial charge in [-0.3, -0.25) is 0 Å². The summed E-state index contributed by atoms with van der Waals surface area (Å²) in [7, 11) is 1.34. The third kappa shape index (κ3) is 2.69. The molecule has 0 bridgehead atoms. The van der Waals surface area contributed by atoms with Crippen LogP contribution in [0, 0.1) is 11.8 Å². The lowest BCUT2D eigenvalue weighted by Crippen LogP contribution is -2.14. The molecule has 1 aromatic heterocycles. The van der Waals surface area contributed by atoms with Crippen molar-refractivity contribution in [3.05, 3.63) is 5.56 Å². The van der Waals surface area contributed by atoms with Crippen molar-refractivity contribution in [3.8, 4) is 0 Å². The Labute approximate surface area is 105 Å². The number of esters is 1. The van der Waals surface area contributed by atoms with Crippen LogP contribution in [0.3, 0.4) is 0 Å². The fraction of sp³-hybridized carbons (Fsp3) is 0.636. The summed E-state index contributed by atoms with van der Waals surface area (Å²) in [5.41, 5.74) is 6.02. The topological polar surface area (TPSA) is 77.2 Å². The van der Waals surface area contributed by atoms with E-state index in [1.807, 2.05) is 0 Å². The average molecular weight is 255 g/mol. The van der Waals surface area contributed by atoms with E-state index in [9.17, 15) is 4.79 Å². The summed E-state index contributed by atoms with van der Waals surface area (Å²) in [6.45, 7) is 3.06. The van der Waals surface area contributed by atoms with Gasteiger partial charge in [0.15, 0.2) is 5.82 Å². The molecule has 1 heterocycles. The van der Waals surface area contributed by atoms with E-state index in [0.29, 0.717) is 16.5 Å². The highest BCUT2D eigenvalue weighted by atomic mass is 32.1. The van der Waals surface area contributed by atoms with Crippen LogP contribution in [-0.2, 0) is 4.74 Å². The second-order valence-electron chi connectivity index (χ2n) is 4.46. The van der Waals surface area contributed by atoms with Gasteiger partial charge in [-0.1, -0.05) is 6.92 Å². The summed E-state index contributed by atoms with van der Waals surface area (Å²) in [4.78, 5) is 11.5. The van der Waals surface area contributed by atoms with Crippen molar-refractivity contribution < 1.29 is 9.53 Å². The first kappa shape index (κ1) is 12.2. The Bertz CT molecular complexity index is 415. The van der Waals surface area contributed by atoms with Gasteiger partial charge in [0.25, 0.3) is 0 Å². The summed E-state index contributed by atoms with van der Waals surface area (Å²) < 4.78 is 8.67. The molecule has 1 aromatic rings. The molecule has 0 saturated heterocycles. The van der Waals surface area contributed by atoms with Crippen molar-refractivity contribution in [3.63, 3.8) is 0 Å². The van der Waals surface area contributed by atoms with E-state index in [1.54, 1.807) is 0 Å². The van der Waals surface area contributed by atoms with Gasteiger partial charge in [-0.25, -0.2) is 4.79 Å². The molecule has 6 heteroatoms. The zero-order valence-electron chi connectivity index (χ0n) is 10.0. The molecule has 0 aliphatic heterocycles. The largest absolute Gasteiger partial charge is 0.465 e.